The average molecular weight is 363 g/mol. The highest BCUT2D eigenvalue weighted by molar-refractivity contribution is 6.74. The van der Waals surface area contributed by atoms with Gasteiger partial charge in [0.1, 0.15) is 10.9 Å². The molecule has 1 heterocycles. The van der Waals surface area contributed by atoms with Crippen molar-refractivity contribution in [1.29, 1.82) is 0 Å². The number of hydrogen-bond donors (Lipinski definition) is 0. The highest BCUT2D eigenvalue weighted by atomic mass is 35.5. The third-order valence-corrected chi connectivity index (χ3v) is 9.08. The molecular weight excluding hydrogens is 340 g/mol. The van der Waals surface area contributed by atoms with E-state index in [0.717, 1.165) is 10.9 Å². The van der Waals surface area contributed by atoms with E-state index in [1.54, 1.807) is 6.07 Å². The molecule has 0 N–H and O–H groups in total. The lowest BCUT2D eigenvalue weighted by Gasteiger charge is -2.35. The van der Waals surface area contributed by atoms with Gasteiger partial charge in [0.2, 0.25) is 8.32 Å². The second kappa shape index (κ2) is 7.10. The van der Waals surface area contributed by atoms with Gasteiger partial charge in [-0.2, -0.15) is 0 Å². The van der Waals surface area contributed by atoms with Crippen LogP contribution in [0.25, 0.3) is 15.7 Å². The van der Waals surface area contributed by atoms with Crippen molar-refractivity contribution in [3.8, 4) is 5.75 Å². The summed E-state index contributed by atoms with van der Waals surface area (Å²) in [7, 11) is -2.00. The van der Waals surface area contributed by atoms with Crippen LogP contribution in [-0.4, -0.2) is 26.1 Å². The third kappa shape index (κ3) is 4.47. The Morgan fingerprint density at radius 2 is 1.96 bits per heavy atom. The maximum atomic E-state index is 7.38. The van der Waals surface area contributed by atoms with E-state index in [2.05, 4.69) is 43.7 Å². The molecule has 0 bridgehead atoms. The quantitative estimate of drug-likeness (QED) is 0.398. The van der Waals surface area contributed by atoms with Crippen LogP contribution < -0.4 is 4.74 Å². The summed E-state index contributed by atoms with van der Waals surface area (Å²) in [5.74, 6) is 0.694. The number of hydrogen-bond acceptors (Lipinski definition) is 3. The normalized spacial score (nSPS) is 13.5. The van der Waals surface area contributed by atoms with E-state index in [-0.39, 0.29) is 11.6 Å². The fourth-order valence-electron chi connectivity index (χ4n) is 1.95. The topological polar surface area (TPSA) is 35.7 Å². The number of fused-ring (bicyclic) bond motifs is 1. The van der Waals surface area contributed by atoms with E-state index >= 15 is 0 Å². The van der Waals surface area contributed by atoms with Crippen LogP contribution in [0.1, 0.15) is 20.8 Å². The lowest BCUT2D eigenvalue weighted by Crippen LogP contribution is -2.44. The van der Waals surface area contributed by atoms with Crippen LogP contribution >= 0.6 is 11.6 Å². The Kier molecular flexibility index (Phi) is 5.54. The van der Waals surface area contributed by atoms with Crippen LogP contribution in [0.4, 0.5) is 0 Å². The summed E-state index contributed by atoms with van der Waals surface area (Å²) < 4.78 is 11.9. The summed E-state index contributed by atoms with van der Waals surface area (Å²) in [4.78, 5) is 7.83. The highest BCUT2D eigenvalue weighted by Gasteiger charge is 2.41. The van der Waals surface area contributed by atoms with Crippen LogP contribution in [0.15, 0.2) is 30.3 Å². The van der Waals surface area contributed by atoms with Gasteiger partial charge in [0.15, 0.2) is 6.61 Å². The first-order valence-electron chi connectivity index (χ1n) is 7.86. The molecule has 0 saturated heterocycles. The van der Waals surface area contributed by atoms with Gasteiger partial charge in [-0.3, -0.25) is 4.85 Å². The lowest BCUT2D eigenvalue weighted by atomic mass is 10.2. The molecule has 128 valence electrons. The van der Waals surface area contributed by atoms with Crippen LogP contribution in [0, 0.1) is 6.57 Å². The molecular formula is C18H23ClN2O2Si. The summed E-state index contributed by atoms with van der Waals surface area (Å²) in [5, 5.41) is 1.47. The van der Waals surface area contributed by atoms with Crippen molar-refractivity contribution in [3.05, 3.63) is 46.9 Å². The molecule has 4 nitrogen and oxygen atoms in total. The minimum absolute atomic E-state index is 0.0594. The van der Waals surface area contributed by atoms with E-state index in [9.17, 15) is 0 Å². The van der Waals surface area contributed by atoms with E-state index in [4.69, 9.17) is 27.3 Å². The number of pyridine rings is 1. The third-order valence-electron chi connectivity index (χ3n) is 4.40. The number of ether oxygens (including phenoxy) is 1. The van der Waals surface area contributed by atoms with Gasteiger partial charge in [-0.25, -0.2) is 11.6 Å². The standard InChI is InChI=1S/C18H23ClN2O2Si/c1-18(2,3)24(5,6)23-17(20-4)12-22-14-8-9-15-13(11-14)7-10-16(19)21-15/h7-11,17H,12H2,1-3,5-6H3. The lowest BCUT2D eigenvalue weighted by molar-refractivity contribution is 0.148. The molecule has 1 aromatic heterocycles. The van der Waals surface area contributed by atoms with Crippen molar-refractivity contribution in [2.75, 3.05) is 6.61 Å². The molecule has 6 heteroatoms. The smallest absolute Gasteiger partial charge is 0.353 e. The van der Waals surface area contributed by atoms with Crippen LogP contribution in [-0.2, 0) is 4.43 Å². The summed E-state index contributed by atoms with van der Waals surface area (Å²) in [5.41, 5.74) is 0.814. The van der Waals surface area contributed by atoms with Gasteiger partial charge >= 0.3 is 6.23 Å². The summed E-state index contributed by atoms with van der Waals surface area (Å²) >= 11 is 5.89. The van der Waals surface area contributed by atoms with Gasteiger partial charge in [-0.15, -0.1) is 0 Å². The summed E-state index contributed by atoms with van der Waals surface area (Å²) in [6.07, 6.45) is -0.593. The maximum Gasteiger partial charge on any atom is 0.353 e. The van der Waals surface area contributed by atoms with Crippen molar-refractivity contribution >= 4 is 30.8 Å². The van der Waals surface area contributed by atoms with E-state index < -0.39 is 14.5 Å². The van der Waals surface area contributed by atoms with Gasteiger partial charge in [-0.05, 0) is 48.5 Å². The largest absolute Gasteiger partial charge is 0.483 e. The van der Waals surface area contributed by atoms with Gasteiger partial charge in [-0.1, -0.05) is 32.4 Å². The second-order valence-electron chi connectivity index (χ2n) is 7.26. The van der Waals surface area contributed by atoms with E-state index in [1.165, 1.54) is 0 Å². The van der Waals surface area contributed by atoms with Gasteiger partial charge in [0.25, 0.3) is 0 Å². The summed E-state index contributed by atoms with van der Waals surface area (Å²) in [6.45, 7) is 18.3. The Hall–Kier alpha value is -1.61. The van der Waals surface area contributed by atoms with Crippen LogP contribution in [0.5, 0.6) is 5.75 Å². The molecule has 24 heavy (non-hydrogen) atoms. The van der Waals surface area contributed by atoms with Crippen molar-refractivity contribution < 1.29 is 9.16 Å². The number of nitrogens with zero attached hydrogens (tertiary/aromatic N) is 2. The predicted molar refractivity (Wildman–Crippen MR) is 101 cm³/mol. The SMILES string of the molecule is [C-]#[N+]C(COc1ccc2nc(Cl)ccc2c1)O[Si](C)(C)C(C)(C)C. The molecule has 0 radical (unpaired) electrons. The Bertz CT molecular complexity index is 766. The molecule has 0 amide bonds. The second-order valence-corrected chi connectivity index (χ2v) is 12.4. The molecule has 0 fully saturated rings. The average Bonchev–Trinajstić information content (AvgIpc) is 2.50. The zero-order chi connectivity index (χ0) is 18.0. The van der Waals surface area contributed by atoms with Gasteiger partial charge in [0.05, 0.1) is 5.52 Å². The Morgan fingerprint density at radius 3 is 2.58 bits per heavy atom. The van der Waals surface area contributed by atoms with Gasteiger partial charge in [0, 0.05) is 5.39 Å². The van der Waals surface area contributed by atoms with E-state index in [1.807, 2.05) is 24.3 Å². The zero-order valence-corrected chi connectivity index (χ0v) is 16.5. The highest BCUT2D eigenvalue weighted by Crippen LogP contribution is 2.37. The zero-order valence-electron chi connectivity index (χ0n) is 14.8. The number of benzene rings is 1. The molecule has 0 spiro atoms. The Balaban J connectivity index is 2.06. The fourth-order valence-corrected chi connectivity index (χ4v) is 3.26. The first-order valence-corrected chi connectivity index (χ1v) is 11.1. The molecule has 2 rings (SSSR count). The predicted octanol–water partition coefficient (Wildman–Crippen LogP) is 5.53. The molecule has 1 aromatic carbocycles. The number of rotatable bonds is 5. The minimum atomic E-state index is -2.00. The monoisotopic (exact) mass is 362 g/mol. The van der Waals surface area contributed by atoms with E-state index in [0.29, 0.717) is 10.9 Å². The summed E-state index contributed by atoms with van der Waals surface area (Å²) in [6, 6.07) is 9.23. The van der Waals surface area contributed by atoms with Crippen molar-refractivity contribution in [2.24, 2.45) is 0 Å². The molecule has 1 unspecified atom stereocenters. The van der Waals surface area contributed by atoms with Crippen molar-refractivity contribution in [1.82, 2.24) is 4.98 Å². The first-order chi connectivity index (χ1) is 11.1. The molecule has 0 aliphatic heterocycles. The van der Waals surface area contributed by atoms with Crippen LogP contribution in [0.3, 0.4) is 0 Å². The van der Waals surface area contributed by atoms with Crippen molar-refractivity contribution in [3.63, 3.8) is 0 Å². The minimum Gasteiger partial charge on any atom is -0.483 e. The number of aromatic nitrogens is 1. The number of halogens is 1. The van der Waals surface area contributed by atoms with Gasteiger partial charge < -0.3 is 9.16 Å². The Morgan fingerprint density at radius 1 is 1.25 bits per heavy atom. The molecule has 0 aliphatic carbocycles. The maximum absolute atomic E-state index is 7.38. The van der Waals surface area contributed by atoms with Crippen LogP contribution in [0.2, 0.25) is 23.3 Å². The molecule has 1 atom stereocenters. The van der Waals surface area contributed by atoms with Crippen molar-refractivity contribution in [2.45, 2.75) is 45.1 Å². The molecule has 2 aromatic rings. The molecule has 0 saturated carbocycles. The first kappa shape index (κ1) is 18.7. The fraction of sp³-hybridized carbons (Fsp3) is 0.444. The Labute approximate surface area is 149 Å². The molecule has 0 aliphatic rings.